The Labute approximate surface area is 66.0 Å². The average Bonchev–Trinajstić information content (AvgIpc) is 1.69. The second-order valence-electron chi connectivity index (χ2n) is 2.10. The molecule has 0 aromatic carbocycles. The molecule has 0 aromatic rings. The first kappa shape index (κ1) is 8.44. The van der Waals surface area contributed by atoms with Gasteiger partial charge in [-0.3, -0.25) is 4.79 Å². The van der Waals surface area contributed by atoms with Crippen molar-refractivity contribution in [3.05, 3.63) is 0 Å². The van der Waals surface area contributed by atoms with Gasteiger partial charge in [0.2, 0.25) is 0 Å². The molecular formula is C6H12MgO. The van der Waals surface area contributed by atoms with Gasteiger partial charge in [0.1, 0.15) is 5.78 Å². The second-order valence-corrected chi connectivity index (χ2v) is 2.10. The molecule has 8 heavy (non-hydrogen) atoms. The average molecular weight is 124 g/mol. The summed E-state index contributed by atoms with van der Waals surface area (Å²) in [7, 11) is 0. The Kier molecular flexibility index (Phi) is 4.56. The Morgan fingerprint density at radius 1 is 1.00 bits per heavy atom. The van der Waals surface area contributed by atoms with Crippen molar-refractivity contribution < 1.29 is 4.79 Å². The van der Waals surface area contributed by atoms with Crippen LogP contribution in [0.15, 0.2) is 0 Å². The molecule has 1 rings (SSSR count). The van der Waals surface area contributed by atoms with Crippen molar-refractivity contribution in [2.24, 2.45) is 0 Å². The maximum absolute atomic E-state index is 10.5. The van der Waals surface area contributed by atoms with E-state index in [4.69, 9.17) is 0 Å². The third kappa shape index (κ3) is 2.67. The van der Waals surface area contributed by atoms with Gasteiger partial charge in [0.15, 0.2) is 0 Å². The Hall–Kier alpha value is 0.436. The van der Waals surface area contributed by atoms with E-state index >= 15 is 0 Å². The molecule has 1 fully saturated rings. The Balaban J connectivity index is 0.000000490. The summed E-state index contributed by atoms with van der Waals surface area (Å²) in [5, 5.41) is 0. The molecule has 1 nitrogen and oxygen atoms in total. The normalized spacial score (nSPS) is 19.8. The van der Waals surface area contributed by atoms with E-state index in [1.54, 1.807) is 0 Å². The summed E-state index contributed by atoms with van der Waals surface area (Å²) in [5.74, 6) is 0.464. The van der Waals surface area contributed by atoms with Crippen LogP contribution in [0.1, 0.15) is 32.1 Å². The van der Waals surface area contributed by atoms with E-state index in [2.05, 4.69) is 0 Å². The highest BCUT2D eigenvalue weighted by atomic mass is 24.3. The summed E-state index contributed by atoms with van der Waals surface area (Å²) in [6, 6.07) is 0. The van der Waals surface area contributed by atoms with Crippen LogP contribution in [0, 0.1) is 0 Å². The zero-order valence-electron chi connectivity index (χ0n) is 4.44. The molecule has 0 spiro atoms. The van der Waals surface area contributed by atoms with E-state index in [9.17, 15) is 4.79 Å². The molecule has 0 aromatic heterocycles. The van der Waals surface area contributed by atoms with Crippen LogP contribution in [0.25, 0.3) is 0 Å². The number of carbonyl (C=O) groups excluding carboxylic acids is 1. The first-order valence-electron chi connectivity index (χ1n) is 2.91. The van der Waals surface area contributed by atoms with Crippen LogP contribution in [0.5, 0.6) is 0 Å². The fourth-order valence-corrected chi connectivity index (χ4v) is 0.946. The van der Waals surface area contributed by atoms with Gasteiger partial charge in [-0.15, -0.1) is 0 Å². The first-order chi connectivity index (χ1) is 3.39. The molecular weight excluding hydrogens is 112 g/mol. The van der Waals surface area contributed by atoms with Crippen LogP contribution in [0.2, 0.25) is 0 Å². The van der Waals surface area contributed by atoms with E-state index in [0.717, 1.165) is 25.7 Å². The zero-order chi connectivity index (χ0) is 5.11. The number of rotatable bonds is 0. The summed E-state index contributed by atoms with van der Waals surface area (Å²) in [4.78, 5) is 10.5. The predicted octanol–water partition coefficient (Wildman–Crippen LogP) is 0.603. The smallest absolute Gasteiger partial charge is 0.300 e. The minimum absolute atomic E-state index is 0. The number of Topliss-reactive ketones (excluding diaryl/α,β-unsaturated/α-hetero) is 1. The van der Waals surface area contributed by atoms with Gasteiger partial charge in [0.25, 0.3) is 0 Å². The van der Waals surface area contributed by atoms with Crippen LogP contribution < -0.4 is 0 Å². The topological polar surface area (TPSA) is 17.1 Å². The number of hydrogen-bond donors (Lipinski definition) is 0. The highest BCUT2D eigenvalue weighted by Crippen LogP contribution is 2.12. The van der Waals surface area contributed by atoms with Crippen molar-refractivity contribution in [3.8, 4) is 0 Å². The lowest BCUT2D eigenvalue weighted by Gasteiger charge is -2.05. The fourth-order valence-electron chi connectivity index (χ4n) is 0.946. The molecule has 2 heteroatoms. The molecule has 0 unspecified atom stereocenters. The molecule has 0 heterocycles. The van der Waals surface area contributed by atoms with Crippen molar-refractivity contribution in [2.75, 3.05) is 0 Å². The van der Waals surface area contributed by atoms with Crippen molar-refractivity contribution in [1.29, 1.82) is 0 Å². The molecule has 1 aliphatic rings. The largest absolute Gasteiger partial charge is 0.316 e. The minimum atomic E-state index is 0. The molecule has 0 radical (unpaired) electrons. The highest BCUT2D eigenvalue weighted by molar-refractivity contribution is 5.78. The van der Waals surface area contributed by atoms with Crippen LogP contribution in [0.4, 0.5) is 0 Å². The molecule has 0 saturated heterocycles. The Bertz CT molecular complexity index is 72.6. The van der Waals surface area contributed by atoms with Gasteiger partial charge < -0.3 is 0 Å². The summed E-state index contributed by atoms with van der Waals surface area (Å²) >= 11 is 0. The van der Waals surface area contributed by atoms with Crippen LogP contribution in [-0.4, -0.2) is 28.8 Å². The monoisotopic (exact) mass is 124 g/mol. The van der Waals surface area contributed by atoms with Crippen LogP contribution in [0.3, 0.4) is 0 Å². The third-order valence-electron chi connectivity index (χ3n) is 1.41. The van der Waals surface area contributed by atoms with Crippen LogP contribution in [-0.2, 0) is 4.79 Å². The lowest BCUT2D eigenvalue weighted by Crippen LogP contribution is -2.02. The minimum Gasteiger partial charge on any atom is -0.300 e. The van der Waals surface area contributed by atoms with E-state index in [1.165, 1.54) is 6.42 Å². The van der Waals surface area contributed by atoms with Gasteiger partial charge >= 0.3 is 23.1 Å². The van der Waals surface area contributed by atoms with Crippen molar-refractivity contribution in [2.45, 2.75) is 32.1 Å². The van der Waals surface area contributed by atoms with Gasteiger partial charge in [-0.2, -0.15) is 0 Å². The van der Waals surface area contributed by atoms with Gasteiger partial charge in [0, 0.05) is 12.8 Å². The van der Waals surface area contributed by atoms with Gasteiger partial charge in [-0.05, 0) is 12.8 Å². The Morgan fingerprint density at radius 3 is 1.75 bits per heavy atom. The lowest BCUT2D eigenvalue weighted by molar-refractivity contribution is -0.120. The van der Waals surface area contributed by atoms with Crippen LogP contribution >= 0.6 is 0 Å². The molecule has 1 saturated carbocycles. The quantitative estimate of drug-likeness (QED) is 0.432. The highest BCUT2D eigenvalue weighted by Gasteiger charge is 2.05. The van der Waals surface area contributed by atoms with Crippen molar-refractivity contribution in [1.82, 2.24) is 0 Å². The molecule has 0 bridgehead atoms. The lowest BCUT2D eigenvalue weighted by atomic mass is 10.00. The van der Waals surface area contributed by atoms with Crippen molar-refractivity contribution >= 4 is 28.8 Å². The number of ketones is 1. The van der Waals surface area contributed by atoms with Gasteiger partial charge in [-0.1, -0.05) is 6.42 Å². The van der Waals surface area contributed by atoms with Crippen molar-refractivity contribution in [3.63, 3.8) is 0 Å². The fraction of sp³-hybridized carbons (Fsp3) is 0.833. The maximum Gasteiger partial charge on any atom is 0.316 e. The molecule has 0 amide bonds. The molecule has 0 N–H and O–H groups in total. The summed E-state index contributed by atoms with van der Waals surface area (Å²) in [5.41, 5.74) is 0. The maximum atomic E-state index is 10.5. The number of carbonyl (C=O) groups is 1. The van der Waals surface area contributed by atoms with E-state index in [1.807, 2.05) is 0 Å². The van der Waals surface area contributed by atoms with Gasteiger partial charge in [0.05, 0.1) is 0 Å². The molecule has 1 aliphatic carbocycles. The second kappa shape index (κ2) is 4.33. The van der Waals surface area contributed by atoms with Gasteiger partial charge in [-0.25, -0.2) is 0 Å². The summed E-state index contributed by atoms with van der Waals surface area (Å²) in [6.45, 7) is 0. The predicted molar refractivity (Wildman–Crippen MR) is 36.6 cm³/mol. The van der Waals surface area contributed by atoms with E-state index in [0.29, 0.717) is 5.78 Å². The zero-order valence-corrected chi connectivity index (χ0v) is 4.44. The molecule has 0 aliphatic heterocycles. The SMILES string of the molecule is O=C1CCCCC1.[MgH2]. The van der Waals surface area contributed by atoms with E-state index < -0.39 is 0 Å². The Morgan fingerprint density at radius 2 is 1.50 bits per heavy atom. The summed E-state index contributed by atoms with van der Waals surface area (Å²) < 4.78 is 0. The molecule has 0 atom stereocenters. The number of hydrogen-bond acceptors (Lipinski definition) is 1. The van der Waals surface area contributed by atoms with E-state index in [-0.39, 0.29) is 23.1 Å². The summed E-state index contributed by atoms with van der Waals surface area (Å²) in [6.07, 6.45) is 5.24. The molecule has 44 valence electrons. The standard InChI is InChI=1S/C6H10O.Mg.2H/c7-6-4-2-1-3-5-6;;;/h1-5H2;;;. The third-order valence-corrected chi connectivity index (χ3v) is 1.41. The first-order valence-corrected chi connectivity index (χ1v) is 2.91.